The number of alkyl carbamates (subject to hydrolysis) is 1. The standard InChI is InChI=1S/C14H23N3O5/c1-3-4-5-6-12(18)16-9-10-22-11-13(19)15-7-8-17-14(20)21-2/h1H,4-11H2,2H3,(H,15,19)(H,16,18)(H,17,20). The summed E-state index contributed by atoms with van der Waals surface area (Å²) in [5.74, 6) is 2.08. The molecule has 0 bridgehead atoms. The van der Waals surface area contributed by atoms with E-state index < -0.39 is 6.09 Å². The number of rotatable bonds is 11. The predicted octanol–water partition coefficient (Wildman–Crippen LogP) is -0.605. The van der Waals surface area contributed by atoms with Gasteiger partial charge in [0.1, 0.15) is 6.61 Å². The number of carbonyl (C=O) groups is 3. The molecule has 3 amide bonds. The fraction of sp³-hybridized carbons (Fsp3) is 0.643. The Morgan fingerprint density at radius 2 is 1.73 bits per heavy atom. The molecule has 0 aliphatic rings. The van der Waals surface area contributed by atoms with Gasteiger partial charge in [0.25, 0.3) is 0 Å². The van der Waals surface area contributed by atoms with E-state index in [0.717, 1.165) is 0 Å². The number of methoxy groups -OCH3 is 1. The van der Waals surface area contributed by atoms with Crippen LogP contribution in [-0.4, -0.2) is 57.9 Å². The number of unbranched alkanes of at least 4 members (excludes halogenated alkanes) is 1. The van der Waals surface area contributed by atoms with Gasteiger partial charge in [-0.2, -0.15) is 0 Å². The summed E-state index contributed by atoms with van der Waals surface area (Å²) in [5.41, 5.74) is 0. The Bertz CT molecular complexity index is 392. The second-order valence-corrected chi connectivity index (χ2v) is 4.23. The fourth-order valence-electron chi connectivity index (χ4n) is 1.36. The highest BCUT2D eigenvalue weighted by atomic mass is 16.5. The average Bonchev–Trinajstić information content (AvgIpc) is 2.51. The highest BCUT2D eigenvalue weighted by Gasteiger charge is 2.03. The normalized spacial score (nSPS) is 9.45. The second-order valence-electron chi connectivity index (χ2n) is 4.23. The van der Waals surface area contributed by atoms with Gasteiger partial charge in [-0.05, 0) is 6.42 Å². The van der Waals surface area contributed by atoms with Crippen LogP contribution in [0.4, 0.5) is 4.79 Å². The number of terminal acetylenes is 1. The van der Waals surface area contributed by atoms with Crippen LogP contribution in [0.25, 0.3) is 0 Å². The molecular formula is C14H23N3O5. The first-order valence-corrected chi connectivity index (χ1v) is 6.96. The van der Waals surface area contributed by atoms with Crippen LogP contribution in [0.1, 0.15) is 19.3 Å². The molecule has 8 nitrogen and oxygen atoms in total. The lowest BCUT2D eigenvalue weighted by molar-refractivity contribution is -0.125. The van der Waals surface area contributed by atoms with Crippen molar-refractivity contribution in [2.75, 3.05) is 40.0 Å². The number of nitrogens with one attached hydrogen (secondary N) is 3. The van der Waals surface area contributed by atoms with Crippen molar-refractivity contribution >= 4 is 17.9 Å². The van der Waals surface area contributed by atoms with Crippen LogP contribution < -0.4 is 16.0 Å². The first-order chi connectivity index (χ1) is 10.6. The zero-order valence-electron chi connectivity index (χ0n) is 12.8. The fourth-order valence-corrected chi connectivity index (χ4v) is 1.36. The molecule has 0 rings (SSSR count). The minimum Gasteiger partial charge on any atom is -0.453 e. The summed E-state index contributed by atoms with van der Waals surface area (Å²) in [7, 11) is 1.26. The molecule has 0 spiro atoms. The van der Waals surface area contributed by atoms with Crippen LogP contribution >= 0.6 is 0 Å². The minimum absolute atomic E-state index is 0.0859. The second kappa shape index (κ2) is 13.7. The molecule has 0 heterocycles. The van der Waals surface area contributed by atoms with Crippen molar-refractivity contribution in [2.24, 2.45) is 0 Å². The summed E-state index contributed by atoms with van der Waals surface area (Å²) < 4.78 is 9.47. The summed E-state index contributed by atoms with van der Waals surface area (Å²) in [5, 5.41) is 7.64. The Morgan fingerprint density at radius 3 is 2.41 bits per heavy atom. The van der Waals surface area contributed by atoms with E-state index in [4.69, 9.17) is 11.2 Å². The van der Waals surface area contributed by atoms with E-state index in [1.807, 2.05) is 0 Å². The molecule has 0 unspecified atom stereocenters. The van der Waals surface area contributed by atoms with E-state index in [-0.39, 0.29) is 38.1 Å². The van der Waals surface area contributed by atoms with E-state index in [0.29, 0.717) is 25.8 Å². The topological polar surface area (TPSA) is 106 Å². The van der Waals surface area contributed by atoms with Crippen molar-refractivity contribution in [2.45, 2.75) is 19.3 Å². The molecule has 0 fully saturated rings. The molecule has 22 heavy (non-hydrogen) atoms. The zero-order chi connectivity index (χ0) is 16.6. The van der Waals surface area contributed by atoms with Crippen molar-refractivity contribution in [3.05, 3.63) is 0 Å². The van der Waals surface area contributed by atoms with Gasteiger partial charge >= 0.3 is 6.09 Å². The average molecular weight is 313 g/mol. The number of hydrogen-bond acceptors (Lipinski definition) is 5. The molecule has 0 aromatic rings. The molecule has 8 heteroatoms. The van der Waals surface area contributed by atoms with E-state index in [1.54, 1.807) is 0 Å². The molecule has 0 radical (unpaired) electrons. The Kier molecular flexibility index (Phi) is 12.3. The quantitative estimate of drug-likeness (QED) is 0.349. The van der Waals surface area contributed by atoms with E-state index in [9.17, 15) is 14.4 Å². The predicted molar refractivity (Wildman–Crippen MR) is 79.9 cm³/mol. The molecule has 0 atom stereocenters. The van der Waals surface area contributed by atoms with Gasteiger partial charge in [-0.3, -0.25) is 9.59 Å². The first kappa shape index (κ1) is 19.7. The highest BCUT2D eigenvalue weighted by molar-refractivity contribution is 5.77. The summed E-state index contributed by atoms with van der Waals surface area (Å²) in [6, 6.07) is 0. The van der Waals surface area contributed by atoms with Gasteiger partial charge in [-0.15, -0.1) is 12.3 Å². The third kappa shape index (κ3) is 12.7. The van der Waals surface area contributed by atoms with Gasteiger partial charge in [0, 0.05) is 32.5 Å². The van der Waals surface area contributed by atoms with E-state index >= 15 is 0 Å². The molecule has 0 aliphatic heterocycles. The molecule has 124 valence electrons. The summed E-state index contributed by atoms with van der Waals surface area (Å²) in [6.07, 6.45) is 6.15. The smallest absolute Gasteiger partial charge is 0.406 e. The van der Waals surface area contributed by atoms with Gasteiger partial charge < -0.3 is 25.4 Å². The molecule has 0 saturated heterocycles. The molecule has 3 N–H and O–H groups in total. The largest absolute Gasteiger partial charge is 0.453 e. The number of ether oxygens (including phenoxy) is 2. The lowest BCUT2D eigenvalue weighted by Gasteiger charge is -2.08. The van der Waals surface area contributed by atoms with Crippen LogP contribution in [0.15, 0.2) is 0 Å². The summed E-state index contributed by atoms with van der Waals surface area (Å²) in [6.45, 7) is 1.03. The first-order valence-electron chi connectivity index (χ1n) is 6.96. The maximum atomic E-state index is 11.3. The highest BCUT2D eigenvalue weighted by Crippen LogP contribution is 1.92. The Balaban J connectivity index is 3.40. The third-order valence-corrected chi connectivity index (χ3v) is 2.43. The van der Waals surface area contributed by atoms with Crippen molar-refractivity contribution in [3.8, 4) is 12.3 Å². The van der Waals surface area contributed by atoms with Crippen LogP contribution in [0, 0.1) is 12.3 Å². The maximum absolute atomic E-state index is 11.3. The van der Waals surface area contributed by atoms with Crippen molar-refractivity contribution < 1.29 is 23.9 Å². The lowest BCUT2D eigenvalue weighted by Crippen LogP contribution is -2.36. The van der Waals surface area contributed by atoms with Crippen molar-refractivity contribution in [1.29, 1.82) is 0 Å². The minimum atomic E-state index is -0.552. The van der Waals surface area contributed by atoms with Gasteiger partial charge in [0.15, 0.2) is 0 Å². The third-order valence-electron chi connectivity index (χ3n) is 2.43. The molecule has 0 aromatic carbocycles. The molecule has 0 aliphatic carbocycles. The Hall–Kier alpha value is -2.27. The summed E-state index contributed by atoms with van der Waals surface area (Å²) in [4.78, 5) is 33.4. The van der Waals surface area contributed by atoms with E-state index in [1.165, 1.54) is 7.11 Å². The summed E-state index contributed by atoms with van der Waals surface area (Å²) >= 11 is 0. The van der Waals surface area contributed by atoms with Crippen molar-refractivity contribution in [3.63, 3.8) is 0 Å². The number of amides is 3. The van der Waals surface area contributed by atoms with Gasteiger partial charge in [0.05, 0.1) is 13.7 Å². The van der Waals surface area contributed by atoms with Gasteiger partial charge in [-0.1, -0.05) is 0 Å². The van der Waals surface area contributed by atoms with Crippen molar-refractivity contribution in [1.82, 2.24) is 16.0 Å². The maximum Gasteiger partial charge on any atom is 0.406 e. The van der Waals surface area contributed by atoms with Crippen LogP contribution in [0.5, 0.6) is 0 Å². The van der Waals surface area contributed by atoms with E-state index in [2.05, 4.69) is 26.6 Å². The molecule has 0 aromatic heterocycles. The monoisotopic (exact) mass is 313 g/mol. The molecule has 0 saturated carbocycles. The Labute approximate surface area is 130 Å². The molecular weight excluding hydrogens is 290 g/mol. The van der Waals surface area contributed by atoms with Gasteiger partial charge in [0.2, 0.25) is 11.8 Å². The SMILES string of the molecule is C#CCCCC(=O)NCCOCC(=O)NCCNC(=O)OC. The number of hydrogen-bond donors (Lipinski definition) is 3. The number of carbonyl (C=O) groups excluding carboxylic acids is 3. The van der Waals surface area contributed by atoms with Gasteiger partial charge in [-0.25, -0.2) is 4.79 Å². The lowest BCUT2D eigenvalue weighted by atomic mass is 10.2. The van der Waals surface area contributed by atoms with Crippen LogP contribution in [0.3, 0.4) is 0 Å². The Morgan fingerprint density at radius 1 is 1.05 bits per heavy atom. The van der Waals surface area contributed by atoms with Crippen LogP contribution in [-0.2, 0) is 19.1 Å². The zero-order valence-corrected chi connectivity index (χ0v) is 12.8. The van der Waals surface area contributed by atoms with Crippen LogP contribution in [0.2, 0.25) is 0 Å².